The number of carboxylic acid groups (broad SMARTS) is 1. The minimum Gasteiger partial charge on any atom is -0.481 e. The SMILES string of the molecule is Cc1cc(C)cc(NC(=O)NC(c2ccc(C(=O)NCCC(=O)O)cc2)c2ccc(C3CCCCC3)cc2)c1. The Morgan fingerprint density at radius 3 is 2.03 bits per heavy atom. The average molecular weight is 528 g/mol. The summed E-state index contributed by atoms with van der Waals surface area (Å²) in [7, 11) is 0. The van der Waals surface area contributed by atoms with Crippen molar-refractivity contribution in [2.24, 2.45) is 0 Å². The van der Waals surface area contributed by atoms with Gasteiger partial charge in [-0.05, 0) is 84.7 Å². The predicted molar refractivity (Wildman–Crippen MR) is 153 cm³/mol. The highest BCUT2D eigenvalue weighted by molar-refractivity contribution is 5.94. The van der Waals surface area contributed by atoms with Gasteiger partial charge in [0.2, 0.25) is 0 Å². The van der Waals surface area contributed by atoms with E-state index in [-0.39, 0.29) is 24.9 Å². The fraction of sp³-hybridized carbons (Fsp3) is 0.344. The van der Waals surface area contributed by atoms with Gasteiger partial charge in [0.25, 0.3) is 5.91 Å². The van der Waals surface area contributed by atoms with E-state index in [1.807, 2.05) is 38.1 Å². The molecule has 4 N–H and O–H groups in total. The van der Waals surface area contributed by atoms with E-state index in [9.17, 15) is 14.4 Å². The molecule has 0 spiro atoms. The molecular weight excluding hydrogens is 490 g/mol. The van der Waals surface area contributed by atoms with Gasteiger partial charge in [0.15, 0.2) is 0 Å². The standard InChI is InChI=1S/C32H37N3O4/c1-21-18-22(2)20-28(19-21)34-32(39)35-30(25-10-8-24(9-11-25)23-6-4-3-5-7-23)26-12-14-27(15-13-26)31(38)33-17-16-29(36)37/h8-15,18-20,23,30H,3-7,16-17H2,1-2H3,(H,33,38)(H,36,37)(H2,34,35,39). The van der Waals surface area contributed by atoms with Crippen LogP contribution in [0.15, 0.2) is 66.7 Å². The molecule has 1 aliphatic rings. The molecule has 7 heteroatoms. The molecule has 3 amide bonds. The Bertz CT molecular complexity index is 1280. The highest BCUT2D eigenvalue weighted by atomic mass is 16.4. The number of carboxylic acids is 1. The van der Waals surface area contributed by atoms with Crippen molar-refractivity contribution in [2.45, 2.75) is 64.3 Å². The third-order valence-corrected chi connectivity index (χ3v) is 7.23. The summed E-state index contributed by atoms with van der Waals surface area (Å²) in [5.41, 5.74) is 6.40. The van der Waals surface area contributed by atoms with E-state index < -0.39 is 12.0 Å². The van der Waals surface area contributed by atoms with Crippen LogP contribution in [0.25, 0.3) is 0 Å². The molecule has 0 radical (unpaired) electrons. The second kappa shape index (κ2) is 13.1. The number of carbonyl (C=O) groups is 3. The summed E-state index contributed by atoms with van der Waals surface area (Å²) in [6.45, 7) is 4.05. The van der Waals surface area contributed by atoms with Crippen LogP contribution in [0.3, 0.4) is 0 Å². The number of hydrogen-bond acceptors (Lipinski definition) is 3. The summed E-state index contributed by atoms with van der Waals surface area (Å²) in [6, 6.07) is 20.7. The molecule has 0 saturated heterocycles. The fourth-order valence-corrected chi connectivity index (χ4v) is 5.31. The van der Waals surface area contributed by atoms with Crippen molar-refractivity contribution in [3.63, 3.8) is 0 Å². The summed E-state index contributed by atoms with van der Waals surface area (Å²) >= 11 is 0. The third-order valence-electron chi connectivity index (χ3n) is 7.23. The highest BCUT2D eigenvalue weighted by Crippen LogP contribution is 2.33. The predicted octanol–water partition coefficient (Wildman–Crippen LogP) is 6.47. The number of carbonyl (C=O) groups excluding carboxylic acids is 2. The van der Waals surface area contributed by atoms with E-state index in [0.717, 1.165) is 27.9 Å². The van der Waals surface area contributed by atoms with Gasteiger partial charge in [-0.25, -0.2) is 4.79 Å². The molecule has 4 rings (SSSR count). The number of amides is 3. The van der Waals surface area contributed by atoms with E-state index in [0.29, 0.717) is 11.5 Å². The molecule has 7 nitrogen and oxygen atoms in total. The highest BCUT2D eigenvalue weighted by Gasteiger charge is 2.20. The lowest BCUT2D eigenvalue weighted by atomic mass is 9.83. The Kier molecular flexibility index (Phi) is 9.36. The van der Waals surface area contributed by atoms with Crippen molar-refractivity contribution in [2.75, 3.05) is 11.9 Å². The Morgan fingerprint density at radius 2 is 1.44 bits per heavy atom. The van der Waals surface area contributed by atoms with Gasteiger partial charge in [-0.2, -0.15) is 0 Å². The molecule has 0 heterocycles. The van der Waals surface area contributed by atoms with E-state index in [1.54, 1.807) is 12.1 Å². The van der Waals surface area contributed by atoms with Gasteiger partial charge >= 0.3 is 12.0 Å². The van der Waals surface area contributed by atoms with Gasteiger partial charge in [0.1, 0.15) is 0 Å². The maximum absolute atomic E-state index is 13.1. The maximum Gasteiger partial charge on any atom is 0.319 e. The Labute approximate surface area is 230 Å². The number of aryl methyl sites for hydroxylation is 2. The minimum atomic E-state index is -0.965. The number of nitrogens with one attached hydrogen (secondary N) is 3. The number of anilines is 1. The molecule has 0 aliphatic heterocycles. The molecular formula is C32H37N3O4. The molecule has 3 aromatic carbocycles. The van der Waals surface area contributed by atoms with Crippen molar-refractivity contribution in [1.29, 1.82) is 0 Å². The molecule has 1 unspecified atom stereocenters. The third kappa shape index (κ3) is 7.93. The van der Waals surface area contributed by atoms with Crippen molar-refractivity contribution < 1.29 is 19.5 Å². The van der Waals surface area contributed by atoms with E-state index in [2.05, 4.69) is 46.3 Å². The Balaban J connectivity index is 1.54. The van der Waals surface area contributed by atoms with E-state index in [4.69, 9.17) is 5.11 Å². The number of rotatable bonds is 9. The largest absolute Gasteiger partial charge is 0.481 e. The van der Waals surface area contributed by atoms with Crippen LogP contribution in [0.4, 0.5) is 10.5 Å². The number of aliphatic carboxylic acids is 1. The molecule has 204 valence electrons. The van der Waals surface area contributed by atoms with Crippen LogP contribution in [0.5, 0.6) is 0 Å². The van der Waals surface area contributed by atoms with E-state index >= 15 is 0 Å². The van der Waals surface area contributed by atoms with E-state index in [1.165, 1.54) is 37.7 Å². The van der Waals surface area contributed by atoms with Gasteiger partial charge in [-0.3, -0.25) is 9.59 Å². The summed E-state index contributed by atoms with van der Waals surface area (Å²) in [6.07, 6.45) is 6.15. The van der Waals surface area contributed by atoms with Crippen LogP contribution in [-0.2, 0) is 4.79 Å². The fourth-order valence-electron chi connectivity index (χ4n) is 5.31. The summed E-state index contributed by atoms with van der Waals surface area (Å²) < 4.78 is 0. The van der Waals surface area contributed by atoms with Crippen LogP contribution < -0.4 is 16.0 Å². The summed E-state index contributed by atoms with van der Waals surface area (Å²) in [5.74, 6) is -0.712. The molecule has 39 heavy (non-hydrogen) atoms. The second-order valence-corrected chi connectivity index (χ2v) is 10.4. The first-order valence-corrected chi connectivity index (χ1v) is 13.6. The van der Waals surface area contributed by atoms with Crippen molar-refractivity contribution in [3.8, 4) is 0 Å². The molecule has 1 atom stereocenters. The zero-order chi connectivity index (χ0) is 27.8. The topological polar surface area (TPSA) is 108 Å². The molecule has 1 fully saturated rings. The molecule has 1 saturated carbocycles. The lowest BCUT2D eigenvalue weighted by molar-refractivity contribution is -0.136. The van der Waals surface area contributed by atoms with Crippen LogP contribution in [0, 0.1) is 13.8 Å². The van der Waals surface area contributed by atoms with Gasteiger partial charge in [-0.15, -0.1) is 0 Å². The first-order chi connectivity index (χ1) is 18.8. The quantitative estimate of drug-likeness (QED) is 0.256. The van der Waals surface area contributed by atoms with Gasteiger partial charge in [0, 0.05) is 17.8 Å². The first kappa shape index (κ1) is 27.9. The molecule has 1 aliphatic carbocycles. The van der Waals surface area contributed by atoms with Crippen LogP contribution >= 0.6 is 0 Å². The van der Waals surface area contributed by atoms with Crippen molar-refractivity contribution in [3.05, 3.63) is 100 Å². The summed E-state index contributed by atoms with van der Waals surface area (Å²) in [5, 5.41) is 17.5. The number of hydrogen-bond donors (Lipinski definition) is 4. The Morgan fingerprint density at radius 1 is 0.846 bits per heavy atom. The minimum absolute atomic E-state index is 0.0616. The Hall–Kier alpha value is -4.13. The first-order valence-electron chi connectivity index (χ1n) is 13.6. The van der Waals surface area contributed by atoms with Gasteiger partial charge in [0.05, 0.1) is 12.5 Å². The maximum atomic E-state index is 13.1. The van der Waals surface area contributed by atoms with Crippen LogP contribution in [-0.4, -0.2) is 29.6 Å². The smallest absolute Gasteiger partial charge is 0.319 e. The normalized spacial score (nSPS) is 14.3. The molecule has 0 aromatic heterocycles. The second-order valence-electron chi connectivity index (χ2n) is 10.4. The van der Waals surface area contributed by atoms with Crippen molar-refractivity contribution in [1.82, 2.24) is 10.6 Å². The number of benzene rings is 3. The van der Waals surface area contributed by atoms with Crippen LogP contribution in [0.1, 0.15) is 88.7 Å². The zero-order valence-corrected chi connectivity index (χ0v) is 22.6. The summed E-state index contributed by atoms with van der Waals surface area (Å²) in [4.78, 5) is 36.3. The lowest BCUT2D eigenvalue weighted by Gasteiger charge is -2.24. The number of urea groups is 1. The molecule has 3 aromatic rings. The monoisotopic (exact) mass is 527 g/mol. The van der Waals surface area contributed by atoms with Crippen molar-refractivity contribution >= 4 is 23.6 Å². The van der Waals surface area contributed by atoms with Gasteiger partial charge < -0.3 is 21.1 Å². The lowest BCUT2D eigenvalue weighted by Crippen LogP contribution is -2.33. The average Bonchev–Trinajstić information content (AvgIpc) is 2.91. The van der Waals surface area contributed by atoms with Gasteiger partial charge in [-0.1, -0.05) is 61.7 Å². The van der Waals surface area contributed by atoms with Crippen LogP contribution in [0.2, 0.25) is 0 Å². The molecule has 0 bridgehead atoms. The zero-order valence-electron chi connectivity index (χ0n) is 22.6.